The second-order valence-electron chi connectivity index (χ2n) is 4.40. The molecule has 2 rings (SSSR count). The summed E-state index contributed by atoms with van der Waals surface area (Å²) in [5.41, 5.74) is 1.67. The molecule has 100 valence electrons. The molecule has 1 aromatic heterocycles. The summed E-state index contributed by atoms with van der Waals surface area (Å²) in [6.07, 6.45) is 1.89. The lowest BCUT2D eigenvalue weighted by Crippen LogP contribution is -2.14. The largest absolute Gasteiger partial charge is 0.496 e. The standard InChI is InChI=1S/C15H16O4/c1-10-8-11(5-6-14(10)18-2)13(15(16)17)9-12-4-3-7-19-12/h3-8,13H,9H2,1-2H3,(H,16,17). The van der Waals surface area contributed by atoms with Crippen molar-refractivity contribution < 1.29 is 19.1 Å². The number of hydrogen-bond donors (Lipinski definition) is 1. The minimum Gasteiger partial charge on any atom is -0.496 e. The number of aryl methyl sites for hydroxylation is 1. The highest BCUT2D eigenvalue weighted by atomic mass is 16.5. The topological polar surface area (TPSA) is 59.7 Å². The first-order valence-corrected chi connectivity index (χ1v) is 6.01. The van der Waals surface area contributed by atoms with Gasteiger partial charge in [0.25, 0.3) is 0 Å². The molecular weight excluding hydrogens is 244 g/mol. The van der Waals surface area contributed by atoms with Gasteiger partial charge in [0.1, 0.15) is 11.5 Å². The van der Waals surface area contributed by atoms with E-state index in [0.717, 1.165) is 16.9 Å². The Morgan fingerprint density at radius 3 is 2.74 bits per heavy atom. The molecule has 0 saturated heterocycles. The Morgan fingerprint density at radius 1 is 1.42 bits per heavy atom. The third-order valence-corrected chi connectivity index (χ3v) is 3.10. The maximum Gasteiger partial charge on any atom is 0.311 e. The monoisotopic (exact) mass is 260 g/mol. The first kappa shape index (κ1) is 13.2. The molecule has 0 amide bonds. The van der Waals surface area contributed by atoms with Gasteiger partial charge in [-0.1, -0.05) is 12.1 Å². The number of furan rings is 1. The van der Waals surface area contributed by atoms with Crippen LogP contribution in [0.25, 0.3) is 0 Å². The van der Waals surface area contributed by atoms with E-state index in [-0.39, 0.29) is 0 Å². The first-order chi connectivity index (χ1) is 9.11. The van der Waals surface area contributed by atoms with E-state index < -0.39 is 11.9 Å². The number of aliphatic carboxylic acids is 1. The summed E-state index contributed by atoms with van der Waals surface area (Å²) in [7, 11) is 1.60. The molecule has 0 radical (unpaired) electrons. The molecule has 2 aromatic rings. The Kier molecular flexibility index (Phi) is 3.90. The van der Waals surface area contributed by atoms with Gasteiger partial charge in [0.15, 0.2) is 0 Å². The van der Waals surface area contributed by atoms with E-state index in [9.17, 15) is 9.90 Å². The summed E-state index contributed by atoms with van der Waals surface area (Å²) in [5, 5.41) is 9.37. The average Bonchev–Trinajstić information content (AvgIpc) is 2.88. The Morgan fingerprint density at radius 2 is 2.21 bits per heavy atom. The highest BCUT2D eigenvalue weighted by Crippen LogP contribution is 2.26. The fraction of sp³-hybridized carbons (Fsp3) is 0.267. The number of carboxylic acid groups (broad SMARTS) is 1. The molecule has 0 aliphatic carbocycles. The van der Waals surface area contributed by atoms with Crippen molar-refractivity contribution in [1.82, 2.24) is 0 Å². The van der Waals surface area contributed by atoms with E-state index in [1.54, 1.807) is 37.6 Å². The van der Waals surface area contributed by atoms with Crippen molar-refractivity contribution in [2.45, 2.75) is 19.3 Å². The van der Waals surface area contributed by atoms with Crippen LogP contribution in [0.5, 0.6) is 5.75 Å². The van der Waals surface area contributed by atoms with Crippen molar-refractivity contribution in [3.8, 4) is 5.75 Å². The van der Waals surface area contributed by atoms with E-state index in [4.69, 9.17) is 9.15 Å². The molecule has 4 heteroatoms. The van der Waals surface area contributed by atoms with Crippen molar-refractivity contribution in [3.05, 3.63) is 53.5 Å². The van der Waals surface area contributed by atoms with Crippen LogP contribution in [-0.4, -0.2) is 18.2 Å². The van der Waals surface area contributed by atoms with Gasteiger partial charge in [0.2, 0.25) is 0 Å². The Balaban J connectivity index is 2.29. The number of carboxylic acids is 1. The number of carbonyl (C=O) groups is 1. The van der Waals surface area contributed by atoms with Gasteiger partial charge in [0, 0.05) is 6.42 Å². The van der Waals surface area contributed by atoms with Gasteiger partial charge < -0.3 is 14.3 Å². The van der Waals surface area contributed by atoms with Gasteiger partial charge in [-0.2, -0.15) is 0 Å². The summed E-state index contributed by atoms with van der Waals surface area (Å²) >= 11 is 0. The van der Waals surface area contributed by atoms with Gasteiger partial charge in [-0.15, -0.1) is 0 Å². The third kappa shape index (κ3) is 2.96. The number of ether oxygens (including phenoxy) is 1. The molecule has 1 unspecified atom stereocenters. The molecule has 0 spiro atoms. The summed E-state index contributed by atoms with van der Waals surface area (Å²) in [5.74, 6) is -0.0523. The van der Waals surface area contributed by atoms with Crippen molar-refractivity contribution in [2.24, 2.45) is 0 Å². The zero-order chi connectivity index (χ0) is 13.8. The molecule has 0 saturated carbocycles. The maximum absolute atomic E-state index is 11.4. The molecule has 1 aromatic carbocycles. The summed E-state index contributed by atoms with van der Waals surface area (Å²) in [6.45, 7) is 1.90. The van der Waals surface area contributed by atoms with E-state index >= 15 is 0 Å². The predicted molar refractivity (Wildman–Crippen MR) is 70.5 cm³/mol. The third-order valence-electron chi connectivity index (χ3n) is 3.10. The molecule has 0 fully saturated rings. The fourth-order valence-corrected chi connectivity index (χ4v) is 2.10. The van der Waals surface area contributed by atoms with Crippen LogP contribution in [0.1, 0.15) is 22.8 Å². The smallest absolute Gasteiger partial charge is 0.311 e. The van der Waals surface area contributed by atoms with Gasteiger partial charge in [-0.05, 0) is 36.2 Å². The lowest BCUT2D eigenvalue weighted by Gasteiger charge is -2.13. The lowest BCUT2D eigenvalue weighted by atomic mass is 9.93. The van der Waals surface area contributed by atoms with Crippen molar-refractivity contribution in [3.63, 3.8) is 0 Å². The fourth-order valence-electron chi connectivity index (χ4n) is 2.10. The molecule has 0 aliphatic rings. The summed E-state index contributed by atoms with van der Waals surface area (Å²) < 4.78 is 10.4. The quantitative estimate of drug-likeness (QED) is 0.897. The molecule has 1 N–H and O–H groups in total. The lowest BCUT2D eigenvalue weighted by molar-refractivity contribution is -0.138. The molecule has 0 bridgehead atoms. The van der Waals surface area contributed by atoms with Crippen LogP contribution in [0, 0.1) is 6.92 Å². The predicted octanol–water partition coefficient (Wildman–Crippen LogP) is 3.01. The minimum atomic E-state index is -0.860. The van der Waals surface area contributed by atoms with Crippen LogP contribution < -0.4 is 4.74 Å². The first-order valence-electron chi connectivity index (χ1n) is 6.01. The van der Waals surface area contributed by atoms with Gasteiger partial charge in [-0.25, -0.2) is 0 Å². The molecule has 1 heterocycles. The van der Waals surface area contributed by atoms with Crippen molar-refractivity contribution in [2.75, 3.05) is 7.11 Å². The van der Waals surface area contributed by atoms with Crippen LogP contribution >= 0.6 is 0 Å². The number of benzene rings is 1. The van der Waals surface area contributed by atoms with E-state index in [1.165, 1.54) is 0 Å². The number of rotatable bonds is 5. The summed E-state index contributed by atoms with van der Waals surface area (Å²) in [6, 6.07) is 8.97. The Labute approximate surface area is 111 Å². The Hall–Kier alpha value is -2.23. The van der Waals surface area contributed by atoms with Gasteiger partial charge >= 0.3 is 5.97 Å². The maximum atomic E-state index is 11.4. The van der Waals surface area contributed by atoms with E-state index in [0.29, 0.717) is 12.2 Å². The molecule has 1 atom stereocenters. The molecule has 0 aliphatic heterocycles. The average molecular weight is 260 g/mol. The second kappa shape index (κ2) is 5.61. The molecular formula is C15H16O4. The Bertz CT molecular complexity index is 558. The number of hydrogen-bond acceptors (Lipinski definition) is 3. The highest BCUT2D eigenvalue weighted by molar-refractivity contribution is 5.76. The van der Waals surface area contributed by atoms with E-state index in [1.807, 2.05) is 13.0 Å². The summed E-state index contributed by atoms with van der Waals surface area (Å²) in [4.78, 5) is 11.4. The number of methoxy groups -OCH3 is 1. The van der Waals surface area contributed by atoms with E-state index in [2.05, 4.69) is 0 Å². The molecule has 19 heavy (non-hydrogen) atoms. The highest BCUT2D eigenvalue weighted by Gasteiger charge is 2.22. The van der Waals surface area contributed by atoms with Crippen molar-refractivity contribution in [1.29, 1.82) is 0 Å². The minimum absolute atomic E-state index is 0.341. The van der Waals surface area contributed by atoms with Crippen molar-refractivity contribution >= 4 is 5.97 Å². The second-order valence-corrected chi connectivity index (χ2v) is 4.40. The molecule has 4 nitrogen and oxygen atoms in total. The van der Waals surface area contributed by atoms with Crippen LogP contribution in [-0.2, 0) is 11.2 Å². The zero-order valence-corrected chi connectivity index (χ0v) is 10.9. The van der Waals surface area contributed by atoms with Crippen LogP contribution in [0.4, 0.5) is 0 Å². The van der Waals surface area contributed by atoms with Gasteiger partial charge in [0.05, 0.1) is 19.3 Å². The normalized spacial score (nSPS) is 12.1. The van der Waals surface area contributed by atoms with Crippen LogP contribution in [0.3, 0.4) is 0 Å². The zero-order valence-electron chi connectivity index (χ0n) is 10.9. The van der Waals surface area contributed by atoms with Crippen LogP contribution in [0.2, 0.25) is 0 Å². The van der Waals surface area contributed by atoms with Crippen LogP contribution in [0.15, 0.2) is 41.0 Å². The van der Waals surface area contributed by atoms with Gasteiger partial charge in [-0.3, -0.25) is 4.79 Å². The SMILES string of the molecule is COc1ccc(C(Cc2ccco2)C(=O)O)cc1C.